The lowest BCUT2D eigenvalue weighted by molar-refractivity contribution is 0.00892. The zero-order valence-corrected chi connectivity index (χ0v) is 11.7. The molecule has 0 bridgehead atoms. The molecular weight excluding hydrogens is 264 g/mol. The van der Waals surface area contributed by atoms with Crippen molar-refractivity contribution in [3.8, 4) is 0 Å². The molecule has 0 amide bonds. The highest BCUT2D eigenvalue weighted by Gasteiger charge is 2.24. The van der Waals surface area contributed by atoms with E-state index in [2.05, 4.69) is 0 Å². The molecule has 4 nitrogen and oxygen atoms in total. The van der Waals surface area contributed by atoms with Crippen LogP contribution in [0.3, 0.4) is 0 Å². The molecule has 0 radical (unpaired) electrons. The highest BCUT2D eigenvalue weighted by molar-refractivity contribution is 7.85. The molecule has 106 valence electrons. The van der Waals surface area contributed by atoms with Gasteiger partial charge in [0.05, 0.1) is 18.5 Å². The molecule has 0 spiro atoms. The smallest absolute Gasteiger partial charge is 0.265 e. The van der Waals surface area contributed by atoms with Gasteiger partial charge in [0.25, 0.3) is 10.1 Å². The third-order valence-electron chi connectivity index (χ3n) is 3.57. The van der Waals surface area contributed by atoms with Crippen molar-refractivity contribution in [2.75, 3.05) is 5.75 Å². The van der Waals surface area contributed by atoms with E-state index in [-0.39, 0.29) is 17.8 Å². The van der Waals surface area contributed by atoms with Crippen LogP contribution in [-0.2, 0) is 21.5 Å². The highest BCUT2D eigenvalue weighted by Crippen LogP contribution is 2.27. The number of ether oxygens (including phenoxy) is 1. The maximum absolute atomic E-state index is 10.8. The molecule has 1 saturated carbocycles. The molecule has 2 rings (SSSR count). The quantitative estimate of drug-likeness (QED) is 0.844. The van der Waals surface area contributed by atoms with E-state index >= 15 is 0 Å². The molecule has 0 unspecified atom stereocenters. The van der Waals surface area contributed by atoms with Gasteiger partial charge in [-0.1, -0.05) is 30.3 Å². The van der Waals surface area contributed by atoms with E-state index in [1.807, 2.05) is 30.3 Å². The molecule has 1 aromatic rings. The Morgan fingerprint density at radius 3 is 2.32 bits per heavy atom. The van der Waals surface area contributed by atoms with E-state index < -0.39 is 10.1 Å². The summed E-state index contributed by atoms with van der Waals surface area (Å²) in [6.07, 6.45) is 3.55. The molecule has 0 aliphatic heterocycles. The average molecular weight is 284 g/mol. The fraction of sp³-hybridized carbons (Fsp3) is 0.571. The topological polar surface area (TPSA) is 63.6 Å². The molecule has 5 heteroatoms. The minimum Gasteiger partial charge on any atom is -0.374 e. The highest BCUT2D eigenvalue weighted by atomic mass is 32.2. The van der Waals surface area contributed by atoms with Crippen LogP contribution in [-0.4, -0.2) is 24.8 Å². The lowest BCUT2D eigenvalue weighted by Gasteiger charge is -2.27. The second-order valence-corrected chi connectivity index (χ2v) is 6.69. The molecule has 1 N–H and O–H groups in total. The first-order valence-electron chi connectivity index (χ1n) is 6.63. The van der Waals surface area contributed by atoms with Crippen LogP contribution in [0.5, 0.6) is 0 Å². The Kier molecular flexibility index (Phi) is 4.96. The Morgan fingerprint density at radius 2 is 1.74 bits per heavy atom. The largest absolute Gasteiger partial charge is 0.374 e. The summed E-state index contributed by atoms with van der Waals surface area (Å²) in [6.45, 7) is 0.606. The van der Waals surface area contributed by atoms with E-state index in [1.54, 1.807) is 0 Å². The second-order valence-electron chi connectivity index (χ2n) is 5.19. The van der Waals surface area contributed by atoms with Crippen LogP contribution in [0.1, 0.15) is 31.2 Å². The summed E-state index contributed by atoms with van der Waals surface area (Å²) in [5, 5.41) is 0. The summed E-state index contributed by atoms with van der Waals surface area (Å²) in [5.41, 5.74) is 1.16. The van der Waals surface area contributed by atoms with Crippen molar-refractivity contribution >= 4 is 10.1 Å². The van der Waals surface area contributed by atoms with Gasteiger partial charge >= 0.3 is 0 Å². The first kappa shape index (κ1) is 14.5. The summed E-state index contributed by atoms with van der Waals surface area (Å²) in [6, 6.07) is 10.0. The van der Waals surface area contributed by atoms with Crippen molar-refractivity contribution in [2.45, 2.75) is 38.4 Å². The predicted molar refractivity (Wildman–Crippen MR) is 73.4 cm³/mol. The van der Waals surface area contributed by atoms with Crippen LogP contribution in [0.4, 0.5) is 0 Å². The van der Waals surface area contributed by atoms with Crippen molar-refractivity contribution in [2.24, 2.45) is 5.92 Å². The number of hydrogen-bond donors (Lipinski definition) is 1. The van der Waals surface area contributed by atoms with Crippen LogP contribution >= 0.6 is 0 Å². The van der Waals surface area contributed by atoms with Gasteiger partial charge in [-0.25, -0.2) is 0 Å². The fourth-order valence-corrected chi connectivity index (χ4v) is 3.48. The average Bonchev–Trinajstić information content (AvgIpc) is 2.37. The molecular formula is C14H20O4S. The maximum Gasteiger partial charge on any atom is 0.265 e. The normalized spacial score (nSPS) is 24.3. The summed E-state index contributed by atoms with van der Waals surface area (Å²) in [5.74, 6) is -0.0372. The third kappa shape index (κ3) is 5.30. The SMILES string of the molecule is O=S(=O)(O)CC1CCC(OCc2ccccc2)CC1. The monoisotopic (exact) mass is 284 g/mol. The Hall–Kier alpha value is -0.910. The fourth-order valence-electron chi connectivity index (χ4n) is 2.55. The summed E-state index contributed by atoms with van der Waals surface area (Å²) < 4.78 is 36.3. The van der Waals surface area contributed by atoms with Gasteiger partial charge in [-0.3, -0.25) is 4.55 Å². The zero-order chi connectivity index (χ0) is 13.7. The Labute approximate surface area is 114 Å². The van der Waals surface area contributed by atoms with Crippen LogP contribution in [0.15, 0.2) is 30.3 Å². The van der Waals surface area contributed by atoms with Crippen molar-refractivity contribution < 1.29 is 17.7 Å². The van der Waals surface area contributed by atoms with E-state index in [1.165, 1.54) is 0 Å². The molecule has 0 saturated heterocycles. The van der Waals surface area contributed by atoms with Crippen LogP contribution in [0, 0.1) is 5.92 Å². The van der Waals surface area contributed by atoms with Crippen molar-refractivity contribution in [1.29, 1.82) is 0 Å². The Balaban J connectivity index is 1.72. The molecule has 1 aromatic carbocycles. The lowest BCUT2D eigenvalue weighted by atomic mass is 9.89. The number of rotatable bonds is 5. The third-order valence-corrected chi connectivity index (χ3v) is 4.46. The molecule has 19 heavy (non-hydrogen) atoms. The van der Waals surface area contributed by atoms with Gasteiger partial charge in [-0.2, -0.15) is 8.42 Å². The first-order valence-corrected chi connectivity index (χ1v) is 8.24. The van der Waals surface area contributed by atoms with Crippen LogP contribution in [0.2, 0.25) is 0 Å². The van der Waals surface area contributed by atoms with Gasteiger partial charge in [0.1, 0.15) is 0 Å². The number of benzene rings is 1. The minimum atomic E-state index is -3.84. The molecule has 1 fully saturated rings. The zero-order valence-electron chi connectivity index (χ0n) is 10.9. The lowest BCUT2D eigenvalue weighted by Crippen LogP contribution is -2.25. The van der Waals surface area contributed by atoms with Crippen LogP contribution in [0.25, 0.3) is 0 Å². The molecule has 0 atom stereocenters. The van der Waals surface area contributed by atoms with Crippen molar-refractivity contribution in [1.82, 2.24) is 0 Å². The van der Waals surface area contributed by atoms with Gasteiger partial charge in [-0.05, 0) is 37.2 Å². The molecule has 0 heterocycles. The molecule has 1 aliphatic carbocycles. The van der Waals surface area contributed by atoms with Crippen molar-refractivity contribution in [3.05, 3.63) is 35.9 Å². The predicted octanol–water partition coefficient (Wildman–Crippen LogP) is 2.65. The summed E-state index contributed by atoms with van der Waals surface area (Å²) in [7, 11) is -3.84. The van der Waals surface area contributed by atoms with E-state index in [0.29, 0.717) is 6.61 Å². The van der Waals surface area contributed by atoms with Gasteiger partial charge in [0, 0.05) is 0 Å². The number of hydrogen-bond acceptors (Lipinski definition) is 3. The molecule has 0 aromatic heterocycles. The van der Waals surface area contributed by atoms with Crippen molar-refractivity contribution in [3.63, 3.8) is 0 Å². The van der Waals surface area contributed by atoms with Gasteiger partial charge in [-0.15, -0.1) is 0 Å². The second kappa shape index (κ2) is 6.50. The standard InChI is InChI=1S/C14H20O4S/c15-19(16,17)11-13-6-8-14(9-7-13)18-10-12-4-2-1-3-5-12/h1-5,13-14H,6-11H2,(H,15,16,17). The van der Waals surface area contributed by atoms with Gasteiger partial charge in [0.2, 0.25) is 0 Å². The maximum atomic E-state index is 10.8. The summed E-state index contributed by atoms with van der Waals surface area (Å²) >= 11 is 0. The summed E-state index contributed by atoms with van der Waals surface area (Å²) in [4.78, 5) is 0. The first-order chi connectivity index (χ1) is 9.03. The molecule has 1 aliphatic rings. The Bertz CT molecular complexity index is 475. The van der Waals surface area contributed by atoms with E-state index in [9.17, 15) is 8.42 Å². The minimum absolute atomic E-state index is 0.0755. The van der Waals surface area contributed by atoms with Crippen LogP contribution < -0.4 is 0 Å². The van der Waals surface area contributed by atoms with Gasteiger partial charge < -0.3 is 4.74 Å². The van der Waals surface area contributed by atoms with E-state index in [0.717, 1.165) is 31.2 Å². The van der Waals surface area contributed by atoms with Gasteiger partial charge in [0.15, 0.2) is 0 Å². The van der Waals surface area contributed by atoms with E-state index in [4.69, 9.17) is 9.29 Å². The Morgan fingerprint density at radius 1 is 1.11 bits per heavy atom.